The molecule has 4 aromatic rings. The predicted molar refractivity (Wildman–Crippen MR) is 130 cm³/mol. The van der Waals surface area contributed by atoms with Gasteiger partial charge in [0, 0.05) is 59.8 Å². The molecule has 174 valence electrons. The highest BCUT2D eigenvalue weighted by Gasteiger charge is 2.32. The van der Waals surface area contributed by atoms with E-state index in [1.807, 2.05) is 24.5 Å². The molecular formula is C27H28N4O3. The number of ether oxygens (including phenoxy) is 1. The van der Waals surface area contributed by atoms with Crippen LogP contribution in [0.15, 0.2) is 61.2 Å². The van der Waals surface area contributed by atoms with Gasteiger partial charge in [0.25, 0.3) is 0 Å². The van der Waals surface area contributed by atoms with Crippen LogP contribution in [0.25, 0.3) is 10.9 Å². The number of piperidine rings is 1. The normalized spacial score (nSPS) is 18.8. The lowest BCUT2D eigenvalue weighted by atomic mass is 9.84. The molecule has 0 amide bonds. The van der Waals surface area contributed by atoms with E-state index in [2.05, 4.69) is 38.9 Å². The third-order valence-electron chi connectivity index (χ3n) is 6.95. The van der Waals surface area contributed by atoms with E-state index in [-0.39, 0.29) is 6.04 Å². The smallest absolute Gasteiger partial charge is 0.335 e. The van der Waals surface area contributed by atoms with Crippen molar-refractivity contribution in [2.75, 3.05) is 13.7 Å². The molecule has 0 spiro atoms. The molecule has 1 saturated heterocycles. The number of likely N-dealkylation sites (tertiary alicyclic amines) is 1. The second kappa shape index (κ2) is 9.27. The molecule has 34 heavy (non-hydrogen) atoms. The van der Waals surface area contributed by atoms with Crippen molar-refractivity contribution in [1.29, 1.82) is 0 Å². The number of aromatic amines is 1. The van der Waals surface area contributed by atoms with Gasteiger partial charge in [0.2, 0.25) is 0 Å². The molecule has 0 aliphatic carbocycles. The van der Waals surface area contributed by atoms with Gasteiger partial charge in [-0.05, 0) is 61.7 Å². The summed E-state index contributed by atoms with van der Waals surface area (Å²) in [5, 5.41) is 10.5. The van der Waals surface area contributed by atoms with Crippen LogP contribution in [0.3, 0.4) is 0 Å². The van der Waals surface area contributed by atoms with Crippen LogP contribution in [-0.4, -0.2) is 44.6 Å². The summed E-state index contributed by atoms with van der Waals surface area (Å²) in [7, 11) is 1.72. The minimum absolute atomic E-state index is 0.114. The number of aryl methyl sites for hydroxylation is 1. The van der Waals surface area contributed by atoms with Gasteiger partial charge in [-0.25, -0.2) is 4.79 Å². The van der Waals surface area contributed by atoms with Crippen molar-refractivity contribution in [3.05, 3.63) is 89.1 Å². The number of fused-ring (bicyclic) bond motifs is 1. The molecule has 2 N–H and O–H groups in total. The Kier molecular flexibility index (Phi) is 6.02. The molecule has 1 aliphatic rings. The van der Waals surface area contributed by atoms with Crippen LogP contribution in [0.2, 0.25) is 0 Å². The first-order chi connectivity index (χ1) is 16.5. The highest BCUT2D eigenvalue weighted by Crippen LogP contribution is 2.41. The first-order valence-corrected chi connectivity index (χ1v) is 11.5. The van der Waals surface area contributed by atoms with Gasteiger partial charge < -0.3 is 14.8 Å². The summed E-state index contributed by atoms with van der Waals surface area (Å²) >= 11 is 0. The van der Waals surface area contributed by atoms with Gasteiger partial charge in [0.1, 0.15) is 5.75 Å². The summed E-state index contributed by atoms with van der Waals surface area (Å²) in [6.45, 7) is 3.70. The fraction of sp³-hybridized carbons (Fsp3) is 0.296. The lowest BCUT2D eigenvalue weighted by molar-refractivity contribution is 0.0696. The lowest BCUT2D eigenvalue weighted by Crippen LogP contribution is -2.36. The summed E-state index contributed by atoms with van der Waals surface area (Å²) in [5.74, 6) is 0.269. The molecule has 2 atom stereocenters. The zero-order valence-corrected chi connectivity index (χ0v) is 19.4. The monoisotopic (exact) mass is 456 g/mol. The number of hydrogen-bond acceptors (Lipinski definition) is 5. The molecule has 3 heterocycles. The lowest BCUT2D eigenvalue weighted by Gasteiger charge is -2.40. The van der Waals surface area contributed by atoms with Crippen molar-refractivity contribution in [3.8, 4) is 5.75 Å². The zero-order valence-electron chi connectivity index (χ0n) is 19.4. The Morgan fingerprint density at radius 1 is 1.24 bits per heavy atom. The summed E-state index contributed by atoms with van der Waals surface area (Å²) in [5.41, 5.74) is 5.86. The van der Waals surface area contributed by atoms with E-state index in [0.29, 0.717) is 11.5 Å². The largest absolute Gasteiger partial charge is 0.496 e. The first-order valence-electron chi connectivity index (χ1n) is 11.5. The van der Waals surface area contributed by atoms with E-state index in [9.17, 15) is 9.90 Å². The van der Waals surface area contributed by atoms with Gasteiger partial charge in [-0.3, -0.25) is 14.9 Å². The molecular weight excluding hydrogens is 428 g/mol. The van der Waals surface area contributed by atoms with E-state index in [1.54, 1.807) is 31.6 Å². The summed E-state index contributed by atoms with van der Waals surface area (Å²) in [6, 6.07) is 11.6. The van der Waals surface area contributed by atoms with E-state index in [4.69, 9.17) is 4.74 Å². The highest BCUT2D eigenvalue weighted by atomic mass is 16.5. The van der Waals surface area contributed by atoms with Crippen molar-refractivity contribution in [1.82, 2.24) is 19.9 Å². The molecule has 0 bridgehead atoms. The topological polar surface area (TPSA) is 91.3 Å². The number of benzene rings is 2. The minimum Gasteiger partial charge on any atom is -0.496 e. The highest BCUT2D eigenvalue weighted by molar-refractivity contribution is 5.88. The SMILES string of the molecule is COc1cc(C)c2[nH]ccc2c1CN1CC[C@H](c2cnccn2)C[C@H]1c1ccc(C(=O)O)cc1. The number of nitrogens with one attached hydrogen (secondary N) is 1. The third kappa shape index (κ3) is 4.15. The minimum atomic E-state index is -0.913. The fourth-order valence-electron chi connectivity index (χ4n) is 5.17. The van der Waals surface area contributed by atoms with Crippen LogP contribution in [0.1, 0.15) is 57.5 Å². The molecule has 7 nitrogen and oxygen atoms in total. The number of aromatic carboxylic acids is 1. The molecule has 1 aliphatic heterocycles. The van der Waals surface area contributed by atoms with Gasteiger partial charge in [-0.2, -0.15) is 0 Å². The number of methoxy groups -OCH3 is 1. The molecule has 0 unspecified atom stereocenters. The summed E-state index contributed by atoms with van der Waals surface area (Å²) < 4.78 is 5.79. The van der Waals surface area contributed by atoms with Crippen LogP contribution in [-0.2, 0) is 6.54 Å². The van der Waals surface area contributed by atoms with Gasteiger partial charge in [-0.15, -0.1) is 0 Å². The number of carbonyl (C=O) groups is 1. The van der Waals surface area contributed by atoms with E-state index < -0.39 is 5.97 Å². The molecule has 0 radical (unpaired) electrons. The Morgan fingerprint density at radius 3 is 2.76 bits per heavy atom. The maximum Gasteiger partial charge on any atom is 0.335 e. The quantitative estimate of drug-likeness (QED) is 0.420. The van der Waals surface area contributed by atoms with Crippen LogP contribution in [0, 0.1) is 6.92 Å². The van der Waals surface area contributed by atoms with E-state index >= 15 is 0 Å². The molecule has 2 aromatic heterocycles. The maximum atomic E-state index is 11.4. The molecule has 0 saturated carbocycles. The molecule has 5 rings (SSSR count). The average molecular weight is 457 g/mol. The third-order valence-corrected chi connectivity index (χ3v) is 6.95. The second-order valence-electron chi connectivity index (χ2n) is 8.91. The number of carboxylic acid groups (broad SMARTS) is 1. The Hall–Kier alpha value is -3.71. The van der Waals surface area contributed by atoms with Gasteiger partial charge in [-0.1, -0.05) is 12.1 Å². The van der Waals surface area contributed by atoms with Gasteiger partial charge >= 0.3 is 5.97 Å². The average Bonchev–Trinajstić information content (AvgIpc) is 3.37. The second-order valence-corrected chi connectivity index (χ2v) is 8.91. The van der Waals surface area contributed by atoms with E-state index in [0.717, 1.165) is 59.6 Å². The standard InChI is InChI=1S/C27H28N4O3/c1-17-13-25(34-2)22(21-7-9-30-26(17)21)16-31-12-8-20(23-15-28-10-11-29-23)14-24(31)18-3-5-19(6-4-18)27(32)33/h3-7,9-11,13,15,20,24,30H,8,12,14,16H2,1-2H3,(H,32,33)/t20-,24-/m0/s1. The number of hydrogen-bond donors (Lipinski definition) is 2. The number of carboxylic acids is 1. The zero-order chi connectivity index (χ0) is 23.7. The van der Waals surface area contributed by atoms with Crippen LogP contribution < -0.4 is 4.74 Å². The van der Waals surface area contributed by atoms with Crippen molar-refractivity contribution < 1.29 is 14.6 Å². The molecule has 7 heteroatoms. The Balaban J connectivity index is 1.51. The van der Waals surface area contributed by atoms with Gasteiger partial charge in [0.05, 0.1) is 18.4 Å². The first kappa shape index (κ1) is 22.1. The molecule has 1 fully saturated rings. The Bertz CT molecular complexity index is 1300. The van der Waals surface area contributed by atoms with Crippen molar-refractivity contribution >= 4 is 16.9 Å². The number of aromatic nitrogens is 3. The number of rotatable bonds is 6. The molecule has 2 aromatic carbocycles. The van der Waals surface area contributed by atoms with Crippen molar-refractivity contribution in [2.45, 2.75) is 38.3 Å². The van der Waals surface area contributed by atoms with Crippen molar-refractivity contribution in [3.63, 3.8) is 0 Å². The van der Waals surface area contributed by atoms with Crippen LogP contribution >= 0.6 is 0 Å². The summed E-state index contributed by atoms with van der Waals surface area (Å²) in [4.78, 5) is 26.1. The maximum absolute atomic E-state index is 11.4. The Labute approximate surface area is 198 Å². The van der Waals surface area contributed by atoms with E-state index in [1.165, 1.54) is 5.39 Å². The van der Waals surface area contributed by atoms with Gasteiger partial charge in [0.15, 0.2) is 0 Å². The fourth-order valence-corrected chi connectivity index (χ4v) is 5.17. The number of nitrogens with zero attached hydrogens (tertiary/aromatic N) is 3. The van der Waals surface area contributed by atoms with Crippen LogP contribution in [0.5, 0.6) is 5.75 Å². The summed E-state index contributed by atoms with van der Waals surface area (Å²) in [6.07, 6.45) is 9.15. The van der Waals surface area contributed by atoms with Crippen molar-refractivity contribution in [2.24, 2.45) is 0 Å². The van der Waals surface area contributed by atoms with Crippen LogP contribution in [0.4, 0.5) is 0 Å². The number of H-pyrrole nitrogens is 1. The Morgan fingerprint density at radius 2 is 2.06 bits per heavy atom. The predicted octanol–water partition coefficient (Wildman–Crippen LogP) is 5.09.